The van der Waals surface area contributed by atoms with Crippen molar-refractivity contribution in [2.24, 2.45) is 5.73 Å². The zero-order valence-corrected chi connectivity index (χ0v) is 18.8. The van der Waals surface area contributed by atoms with Gasteiger partial charge in [-0.05, 0) is 29.8 Å². The minimum atomic E-state index is -0.708. The van der Waals surface area contributed by atoms with Gasteiger partial charge in [0, 0.05) is 42.8 Å². The molecule has 1 saturated heterocycles. The van der Waals surface area contributed by atoms with Crippen LogP contribution in [0.3, 0.4) is 0 Å². The van der Waals surface area contributed by atoms with Crippen LogP contribution in [0.4, 0.5) is 10.5 Å². The van der Waals surface area contributed by atoms with Gasteiger partial charge >= 0.3 is 6.03 Å². The molecule has 1 fully saturated rings. The van der Waals surface area contributed by atoms with Crippen LogP contribution in [-0.2, 0) is 4.79 Å². The summed E-state index contributed by atoms with van der Waals surface area (Å²) in [7, 11) is 0. The summed E-state index contributed by atoms with van der Waals surface area (Å²) in [6, 6.07) is 18.7. The van der Waals surface area contributed by atoms with E-state index in [0.29, 0.717) is 41.8 Å². The monoisotopic (exact) mass is 467 g/mol. The molecule has 2 atom stereocenters. The molecule has 0 bridgehead atoms. The first-order valence-electron chi connectivity index (χ1n) is 10.2. The van der Waals surface area contributed by atoms with Crippen LogP contribution in [-0.4, -0.2) is 48.3 Å². The van der Waals surface area contributed by atoms with Crippen LogP contribution < -0.4 is 16.0 Å². The largest absolute Gasteiger partial charge is 0.393 e. The third-order valence-corrected chi connectivity index (χ3v) is 7.13. The van der Waals surface area contributed by atoms with Gasteiger partial charge in [-0.1, -0.05) is 53.7 Å². The minimum absolute atomic E-state index is 0.302. The molecular formula is C23H22ClN5O2S. The topological polar surface area (TPSA) is 102 Å². The Bertz CT molecular complexity index is 1080. The Kier molecular flexibility index (Phi) is 6.58. The van der Waals surface area contributed by atoms with Crippen LogP contribution in [0.5, 0.6) is 0 Å². The Labute approximate surface area is 195 Å². The highest BCUT2D eigenvalue weighted by Gasteiger charge is 2.41. The van der Waals surface area contributed by atoms with Gasteiger partial charge in [-0.2, -0.15) is 5.26 Å². The van der Waals surface area contributed by atoms with E-state index in [4.69, 9.17) is 17.3 Å². The molecular weight excluding hydrogens is 446 g/mol. The molecule has 7 nitrogen and oxygen atoms in total. The Balaban J connectivity index is 1.41. The molecule has 32 heavy (non-hydrogen) atoms. The number of imide groups is 1. The van der Waals surface area contributed by atoms with Crippen LogP contribution in [0.25, 0.3) is 0 Å². The van der Waals surface area contributed by atoms with Gasteiger partial charge < -0.3 is 15.5 Å². The molecule has 0 spiro atoms. The van der Waals surface area contributed by atoms with Crippen molar-refractivity contribution in [1.29, 1.82) is 5.26 Å². The first-order valence-corrected chi connectivity index (χ1v) is 11.5. The summed E-state index contributed by atoms with van der Waals surface area (Å²) in [5, 5.41) is 12.3. The lowest BCUT2D eigenvalue weighted by molar-refractivity contribution is -0.119. The van der Waals surface area contributed by atoms with E-state index in [1.54, 1.807) is 29.2 Å². The van der Waals surface area contributed by atoms with E-state index in [9.17, 15) is 14.9 Å². The fraction of sp³-hybridized carbons (Fsp3) is 0.261. The SMILES string of the molecule is N#CC1=C(N)SC(C(=O)NC(=O)N2CCN(c3ccccc3)CC2)C1c1ccc(Cl)cc1. The van der Waals surface area contributed by atoms with Gasteiger partial charge in [0.25, 0.3) is 0 Å². The molecule has 2 aromatic carbocycles. The summed E-state index contributed by atoms with van der Waals surface area (Å²) >= 11 is 7.09. The molecule has 164 valence electrons. The minimum Gasteiger partial charge on any atom is -0.393 e. The maximum atomic E-state index is 13.0. The zero-order valence-electron chi connectivity index (χ0n) is 17.2. The average molecular weight is 468 g/mol. The van der Waals surface area contributed by atoms with Gasteiger partial charge in [0.05, 0.1) is 16.7 Å². The summed E-state index contributed by atoms with van der Waals surface area (Å²) in [4.78, 5) is 29.6. The number of nitrogens with one attached hydrogen (secondary N) is 1. The molecule has 0 aromatic heterocycles. The van der Waals surface area contributed by atoms with Gasteiger partial charge in [-0.25, -0.2) is 4.79 Å². The van der Waals surface area contributed by atoms with Crippen molar-refractivity contribution in [1.82, 2.24) is 10.2 Å². The first kappa shape index (κ1) is 22.1. The standard InChI is InChI=1S/C23H22ClN5O2S/c24-16-8-6-15(7-9-16)19-18(14-25)21(26)32-20(19)22(30)27-23(31)29-12-10-28(11-13-29)17-4-2-1-3-5-17/h1-9,19-20H,10-13,26H2,(H,27,30,31). The van der Waals surface area contributed by atoms with E-state index >= 15 is 0 Å². The second-order valence-electron chi connectivity index (χ2n) is 7.56. The normalized spacial score (nSPS) is 20.8. The van der Waals surface area contributed by atoms with Gasteiger partial charge in [-0.3, -0.25) is 10.1 Å². The lowest BCUT2D eigenvalue weighted by Gasteiger charge is -2.36. The van der Waals surface area contributed by atoms with E-state index in [0.717, 1.165) is 23.0 Å². The van der Waals surface area contributed by atoms with Crippen molar-refractivity contribution < 1.29 is 9.59 Å². The molecule has 0 saturated carbocycles. The van der Waals surface area contributed by atoms with Crippen molar-refractivity contribution in [3.8, 4) is 6.07 Å². The molecule has 4 rings (SSSR count). The molecule has 2 aliphatic heterocycles. The Morgan fingerprint density at radius 3 is 2.34 bits per heavy atom. The number of rotatable bonds is 3. The predicted molar refractivity (Wildman–Crippen MR) is 126 cm³/mol. The van der Waals surface area contributed by atoms with Crippen molar-refractivity contribution >= 4 is 41.0 Å². The second kappa shape index (κ2) is 9.55. The first-order chi connectivity index (χ1) is 15.5. The number of carbonyl (C=O) groups is 2. The Morgan fingerprint density at radius 2 is 1.72 bits per heavy atom. The van der Waals surface area contributed by atoms with Gasteiger partial charge in [0.2, 0.25) is 5.91 Å². The zero-order chi connectivity index (χ0) is 22.7. The summed E-state index contributed by atoms with van der Waals surface area (Å²) < 4.78 is 0. The van der Waals surface area contributed by atoms with Crippen molar-refractivity contribution in [2.75, 3.05) is 31.1 Å². The molecule has 3 amide bonds. The number of carbonyl (C=O) groups excluding carboxylic acids is 2. The van der Waals surface area contributed by atoms with Crippen LogP contribution in [0.1, 0.15) is 11.5 Å². The number of hydrogen-bond donors (Lipinski definition) is 2. The number of allylic oxidation sites excluding steroid dienone is 1. The lowest BCUT2D eigenvalue weighted by Crippen LogP contribution is -2.54. The van der Waals surface area contributed by atoms with Gasteiger partial charge in [-0.15, -0.1) is 0 Å². The number of hydrogen-bond acceptors (Lipinski definition) is 6. The van der Waals surface area contributed by atoms with E-state index in [-0.39, 0.29) is 0 Å². The number of nitriles is 1. The number of nitrogens with zero attached hydrogens (tertiary/aromatic N) is 3. The number of urea groups is 1. The fourth-order valence-electron chi connectivity index (χ4n) is 3.98. The maximum Gasteiger partial charge on any atom is 0.324 e. The van der Waals surface area contributed by atoms with E-state index in [1.165, 1.54) is 0 Å². The Morgan fingerprint density at radius 1 is 1.06 bits per heavy atom. The molecule has 2 heterocycles. The second-order valence-corrected chi connectivity index (χ2v) is 9.18. The summed E-state index contributed by atoms with van der Waals surface area (Å²) in [5.41, 5.74) is 8.23. The molecule has 3 N–H and O–H groups in total. The summed E-state index contributed by atoms with van der Waals surface area (Å²) in [6.07, 6.45) is 0. The fourth-order valence-corrected chi connectivity index (χ4v) is 5.27. The molecule has 2 unspecified atom stereocenters. The van der Waals surface area contributed by atoms with Crippen LogP contribution in [0, 0.1) is 11.3 Å². The third kappa shape index (κ3) is 4.54. The number of anilines is 1. The number of thioether (sulfide) groups is 1. The summed E-state index contributed by atoms with van der Waals surface area (Å²) in [6.45, 7) is 2.39. The summed E-state index contributed by atoms with van der Waals surface area (Å²) in [5.74, 6) is -0.997. The predicted octanol–water partition coefficient (Wildman–Crippen LogP) is 3.29. The van der Waals surface area contributed by atoms with Crippen molar-refractivity contribution in [3.63, 3.8) is 0 Å². The lowest BCUT2D eigenvalue weighted by atomic mass is 9.89. The number of halogens is 1. The maximum absolute atomic E-state index is 13.0. The molecule has 0 aliphatic carbocycles. The van der Waals surface area contributed by atoms with E-state index in [2.05, 4.69) is 16.3 Å². The smallest absolute Gasteiger partial charge is 0.324 e. The Hall–Kier alpha value is -3.15. The quantitative estimate of drug-likeness (QED) is 0.718. The molecule has 2 aliphatic rings. The third-order valence-electron chi connectivity index (χ3n) is 5.66. The van der Waals surface area contributed by atoms with Gasteiger partial charge in [0.1, 0.15) is 5.25 Å². The number of amides is 3. The van der Waals surface area contributed by atoms with E-state index < -0.39 is 23.1 Å². The number of benzene rings is 2. The van der Waals surface area contributed by atoms with Crippen molar-refractivity contribution in [3.05, 3.63) is 75.8 Å². The number of para-hydroxylation sites is 1. The van der Waals surface area contributed by atoms with Crippen LogP contribution in [0.15, 0.2) is 65.2 Å². The highest BCUT2D eigenvalue weighted by molar-refractivity contribution is 8.04. The van der Waals surface area contributed by atoms with Gasteiger partial charge in [0.15, 0.2) is 0 Å². The number of piperazine rings is 1. The molecule has 0 radical (unpaired) electrons. The molecule has 2 aromatic rings. The average Bonchev–Trinajstić information content (AvgIpc) is 3.16. The van der Waals surface area contributed by atoms with Crippen molar-refractivity contribution in [2.45, 2.75) is 11.2 Å². The van der Waals surface area contributed by atoms with Crippen LogP contribution >= 0.6 is 23.4 Å². The highest BCUT2D eigenvalue weighted by atomic mass is 35.5. The molecule has 9 heteroatoms. The highest BCUT2D eigenvalue weighted by Crippen LogP contribution is 2.45. The number of nitrogens with two attached hydrogens (primary N) is 1. The van der Waals surface area contributed by atoms with Crippen LogP contribution in [0.2, 0.25) is 5.02 Å². The van der Waals surface area contributed by atoms with E-state index in [1.807, 2.05) is 30.3 Å².